The Morgan fingerprint density at radius 2 is 0.765 bits per heavy atom. The van der Waals surface area contributed by atoms with Gasteiger partial charge in [-0.1, -0.05) is 91.4 Å². The Morgan fingerprint density at radius 3 is 1.12 bits per heavy atom. The zero-order valence-corrected chi connectivity index (χ0v) is 12.5. The van der Waals surface area contributed by atoms with Crippen molar-refractivity contribution in [3.63, 3.8) is 0 Å². The summed E-state index contributed by atoms with van der Waals surface area (Å²) in [5.41, 5.74) is 0. The van der Waals surface area contributed by atoms with Crippen molar-refractivity contribution in [2.75, 3.05) is 0 Å². The Hall–Kier alpha value is 0. The summed E-state index contributed by atoms with van der Waals surface area (Å²) in [6, 6.07) is 0. The second-order valence-electron chi connectivity index (χ2n) is 6.57. The van der Waals surface area contributed by atoms with Gasteiger partial charge in [-0.15, -0.1) is 0 Å². The fourth-order valence-corrected chi connectivity index (χ4v) is 3.26. The number of hydrogen-bond donors (Lipinski definition) is 0. The Bertz CT molecular complexity index is 155. The van der Waals surface area contributed by atoms with Crippen molar-refractivity contribution in [2.24, 2.45) is 17.8 Å². The average Bonchev–Trinajstić information content (AvgIpc) is 2.33. The maximum absolute atomic E-state index is 2.49. The molecule has 0 heterocycles. The SMILES string of the molecule is CC1CCCCCCCCCCCC(C)C1C. The second kappa shape index (κ2) is 9.00. The quantitative estimate of drug-likeness (QED) is 0.471. The van der Waals surface area contributed by atoms with Crippen LogP contribution in [0.2, 0.25) is 0 Å². The van der Waals surface area contributed by atoms with E-state index in [0.717, 1.165) is 17.8 Å². The molecule has 0 aromatic rings. The molecule has 0 spiro atoms. The number of hydrogen-bond acceptors (Lipinski definition) is 0. The first-order valence-electron chi connectivity index (χ1n) is 8.22. The van der Waals surface area contributed by atoms with E-state index < -0.39 is 0 Å². The third kappa shape index (κ3) is 6.48. The second-order valence-corrected chi connectivity index (χ2v) is 6.57. The predicted molar refractivity (Wildman–Crippen MR) is 78.3 cm³/mol. The van der Waals surface area contributed by atoms with Crippen LogP contribution in [-0.4, -0.2) is 0 Å². The Morgan fingerprint density at radius 1 is 0.471 bits per heavy atom. The maximum atomic E-state index is 2.49. The lowest BCUT2D eigenvalue weighted by Gasteiger charge is -2.26. The van der Waals surface area contributed by atoms with Crippen molar-refractivity contribution in [3.05, 3.63) is 0 Å². The molecule has 0 N–H and O–H groups in total. The first-order valence-corrected chi connectivity index (χ1v) is 8.22. The van der Waals surface area contributed by atoms with E-state index in [9.17, 15) is 0 Å². The van der Waals surface area contributed by atoms with Gasteiger partial charge < -0.3 is 0 Å². The molecule has 102 valence electrons. The molecule has 2 unspecified atom stereocenters. The summed E-state index contributed by atoms with van der Waals surface area (Å²) in [4.78, 5) is 0. The molecule has 17 heavy (non-hydrogen) atoms. The first-order chi connectivity index (χ1) is 8.22. The molecule has 0 bridgehead atoms. The van der Waals surface area contributed by atoms with Crippen LogP contribution < -0.4 is 0 Å². The van der Waals surface area contributed by atoms with Gasteiger partial charge in [-0.05, 0) is 17.8 Å². The van der Waals surface area contributed by atoms with Gasteiger partial charge in [0.15, 0.2) is 0 Å². The van der Waals surface area contributed by atoms with E-state index in [1.165, 1.54) is 70.6 Å². The van der Waals surface area contributed by atoms with Crippen LogP contribution in [0.25, 0.3) is 0 Å². The molecule has 0 aromatic heterocycles. The third-order valence-electron chi connectivity index (χ3n) is 5.11. The highest BCUT2D eigenvalue weighted by Crippen LogP contribution is 2.29. The van der Waals surface area contributed by atoms with Crippen LogP contribution in [0, 0.1) is 17.8 Å². The minimum atomic E-state index is 0.929. The van der Waals surface area contributed by atoms with Crippen molar-refractivity contribution in [3.8, 4) is 0 Å². The average molecular weight is 238 g/mol. The van der Waals surface area contributed by atoms with Gasteiger partial charge in [0, 0.05) is 0 Å². The third-order valence-corrected chi connectivity index (χ3v) is 5.11. The summed E-state index contributed by atoms with van der Waals surface area (Å²) < 4.78 is 0. The van der Waals surface area contributed by atoms with Crippen LogP contribution in [0.3, 0.4) is 0 Å². The standard InChI is InChI=1S/C17H34/c1-15-13-11-9-7-5-4-6-8-10-12-14-16(2)17(15)3/h15-17H,4-14H2,1-3H3. The van der Waals surface area contributed by atoms with Crippen LogP contribution in [0.1, 0.15) is 91.4 Å². The molecule has 2 atom stereocenters. The topological polar surface area (TPSA) is 0 Å². The smallest absolute Gasteiger partial charge is 0.0391 e. The fourth-order valence-electron chi connectivity index (χ4n) is 3.26. The van der Waals surface area contributed by atoms with Crippen molar-refractivity contribution in [1.82, 2.24) is 0 Å². The molecule has 0 radical (unpaired) electrons. The summed E-state index contributed by atoms with van der Waals surface area (Å²) in [5.74, 6) is 2.80. The lowest BCUT2D eigenvalue weighted by molar-refractivity contribution is 0.243. The van der Waals surface area contributed by atoms with Crippen molar-refractivity contribution < 1.29 is 0 Å². The molecule has 1 aliphatic rings. The molecule has 0 nitrogen and oxygen atoms in total. The molecule has 1 rings (SSSR count). The molecule has 1 fully saturated rings. The summed E-state index contributed by atoms with van der Waals surface area (Å²) in [6.45, 7) is 7.45. The maximum Gasteiger partial charge on any atom is -0.0391 e. The zero-order valence-electron chi connectivity index (χ0n) is 12.5. The van der Waals surface area contributed by atoms with E-state index in [4.69, 9.17) is 0 Å². The minimum absolute atomic E-state index is 0.929. The molecule has 0 aliphatic heterocycles. The molecular weight excluding hydrogens is 204 g/mol. The molecular formula is C17H34. The first kappa shape index (κ1) is 15.1. The van der Waals surface area contributed by atoms with E-state index in [1.807, 2.05) is 0 Å². The summed E-state index contributed by atoms with van der Waals surface area (Å²) in [6.07, 6.45) is 16.2. The zero-order chi connectivity index (χ0) is 12.5. The van der Waals surface area contributed by atoms with E-state index >= 15 is 0 Å². The summed E-state index contributed by atoms with van der Waals surface area (Å²) in [7, 11) is 0. The van der Waals surface area contributed by atoms with Crippen molar-refractivity contribution in [2.45, 2.75) is 91.4 Å². The fraction of sp³-hybridized carbons (Fsp3) is 1.00. The summed E-state index contributed by atoms with van der Waals surface area (Å²) >= 11 is 0. The minimum Gasteiger partial charge on any atom is -0.0622 e. The van der Waals surface area contributed by atoms with Gasteiger partial charge in [0.1, 0.15) is 0 Å². The number of rotatable bonds is 0. The van der Waals surface area contributed by atoms with Crippen LogP contribution in [0.5, 0.6) is 0 Å². The van der Waals surface area contributed by atoms with Crippen molar-refractivity contribution >= 4 is 0 Å². The van der Waals surface area contributed by atoms with E-state index in [2.05, 4.69) is 20.8 Å². The molecule has 0 amide bonds. The van der Waals surface area contributed by atoms with Gasteiger partial charge in [-0.3, -0.25) is 0 Å². The largest absolute Gasteiger partial charge is 0.0622 e. The lowest BCUT2D eigenvalue weighted by Crippen LogP contribution is -2.16. The molecule has 1 saturated carbocycles. The van der Waals surface area contributed by atoms with Gasteiger partial charge in [-0.25, -0.2) is 0 Å². The van der Waals surface area contributed by atoms with Gasteiger partial charge in [0.25, 0.3) is 0 Å². The highest BCUT2D eigenvalue weighted by atomic mass is 14.2. The van der Waals surface area contributed by atoms with Crippen molar-refractivity contribution in [1.29, 1.82) is 0 Å². The Labute approximate surface area is 110 Å². The summed E-state index contributed by atoms with van der Waals surface area (Å²) in [5, 5.41) is 0. The van der Waals surface area contributed by atoms with Gasteiger partial charge in [0.2, 0.25) is 0 Å². The van der Waals surface area contributed by atoms with Crippen LogP contribution in [-0.2, 0) is 0 Å². The van der Waals surface area contributed by atoms with Gasteiger partial charge >= 0.3 is 0 Å². The molecule has 1 aliphatic carbocycles. The Balaban J connectivity index is 2.33. The highest BCUT2D eigenvalue weighted by molar-refractivity contribution is 4.69. The van der Waals surface area contributed by atoms with Crippen LogP contribution in [0.15, 0.2) is 0 Å². The van der Waals surface area contributed by atoms with Gasteiger partial charge in [-0.2, -0.15) is 0 Å². The molecule has 0 heteroatoms. The molecule has 0 saturated heterocycles. The van der Waals surface area contributed by atoms with Crippen LogP contribution in [0.4, 0.5) is 0 Å². The molecule has 0 aromatic carbocycles. The predicted octanol–water partition coefficient (Wildman–Crippen LogP) is 6.20. The monoisotopic (exact) mass is 238 g/mol. The van der Waals surface area contributed by atoms with E-state index in [1.54, 1.807) is 0 Å². The highest BCUT2D eigenvalue weighted by Gasteiger charge is 2.18. The van der Waals surface area contributed by atoms with E-state index in [0.29, 0.717) is 0 Å². The van der Waals surface area contributed by atoms with E-state index in [-0.39, 0.29) is 0 Å². The Kier molecular flexibility index (Phi) is 7.97. The van der Waals surface area contributed by atoms with Gasteiger partial charge in [0.05, 0.1) is 0 Å². The van der Waals surface area contributed by atoms with Crippen LogP contribution >= 0.6 is 0 Å². The normalized spacial score (nSPS) is 35.1. The lowest BCUT2D eigenvalue weighted by atomic mass is 9.80.